The minimum absolute atomic E-state index is 0.548. The van der Waals surface area contributed by atoms with E-state index in [1.54, 1.807) is 17.8 Å². The number of carboxylic acids is 1. The van der Waals surface area contributed by atoms with E-state index in [0.29, 0.717) is 24.5 Å². The van der Waals surface area contributed by atoms with Gasteiger partial charge in [0.2, 0.25) is 0 Å². The average molecular weight is 274 g/mol. The number of aryl methyl sites for hydroxylation is 2. The molecule has 0 amide bonds. The smallest absolute Gasteiger partial charge is 0.323 e. The van der Waals surface area contributed by atoms with Gasteiger partial charge in [0.05, 0.1) is 10.7 Å². The van der Waals surface area contributed by atoms with Crippen LogP contribution in [0.4, 0.5) is 0 Å². The van der Waals surface area contributed by atoms with Crippen LogP contribution in [0.25, 0.3) is 0 Å². The minimum Gasteiger partial charge on any atom is -0.480 e. The summed E-state index contributed by atoms with van der Waals surface area (Å²) in [6.45, 7) is 6.76. The topological polar surface area (TPSA) is 67.2 Å². The van der Waals surface area contributed by atoms with E-state index < -0.39 is 11.5 Å². The van der Waals surface area contributed by atoms with Crippen molar-refractivity contribution in [2.24, 2.45) is 0 Å². The lowest BCUT2D eigenvalue weighted by molar-refractivity contribution is -0.144. The van der Waals surface area contributed by atoms with Gasteiger partial charge >= 0.3 is 5.97 Å². The van der Waals surface area contributed by atoms with Crippen LogP contribution in [-0.2, 0) is 11.3 Å². The number of halogens is 1. The number of hydrogen-bond donors (Lipinski definition) is 2. The predicted octanol–water partition coefficient (Wildman–Crippen LogP) is 2.08. The molecule has 0 aliphatic rings. The monoisotopic (exact) mass is 273 g/mol. The van der Waals surface area contributed by atoms with Crippen molar-refractivity contribution in [3.8, 4) is 0 Å². The molecular weight excluding hydrogens is 254 g/mol. The molecule has 6 heteroatoms. The zero-order chi connectivity index (χ0) is 13.8. The second-order valence-corrected chi connectivity index (χ2v) is 5.00. The molecule has 1 aromatic rings. The Kier molecular flexibility index (Phi) is 5.16. The molecule has 0 fully saturated rings. The summed E-state index contributed by atoms with van der Waals surface area (Å²) in [5.74, 6) is -0.820. The highest BCUT2D eigenvalue weighted by molar-refractivity contribution is 6.31. The zero-order valence-corrected chi connectivity index (χ0v) is 11.8. The van der Waals surface area contributed by atoms with Gasteiger partial charge in [0.25, 0.3) is 0 Å². The van der Waals surface area contributed by atoms with Gasteiger partial charge in [-0.3, -0.25) is 9.48 Å². The molecule has 5 nitrogen and oxygen atoms in total. The Bertz CT molecular complexity index is 400. The normalized spacial score (nSPS) is 14.4. The molecule has 0 spiro atoms. The highest BCUT2D eigenvalue weighted by Crippen LogP contribution is 2.16. The highest BCUT2D eigenvalue weighted by atomic mass is 35.5. The summed E-state index contributed by atoms with van der Waals surface area (Å²) in [7, 11) is 0. The van der Waals surface area contributed by atoms with Gasteiger partial charge < -0.3 is 10.4 Å². The number of hydrogen-bond acceptors (Lipinski definition) is 3. The molecule has 1 atom stereocenters. The average Bonchev–Trinajstić information content (AvgIpc) is 2.58. The summed E-state index contributed by atoms with van der Waals surface area (Å²) in [5, 5.41) is 17.1. The maximum atomic E-state index is 11.2. The van der Waals surface area contributed by atoms with Crippen molar-refractivity contribution >= 4 is 17.6 Å². The molecule has 0 aliphatic heterocycles. The third kappa shape index (κ3) is 3.71. The summed E-state index contributed by atoms with van der Waals surface area (Å²) in [6.07, 6.45) is 3.04. The lowest BCUT2D eigenvalue weighted by Gasteiger charge is -2.25. The number of aliphatic carboxylic acids is 1. The maximum Gasteiger partial charge on any atom is 0.323 e. The number of likely N-dealkylation sites (N-methyl/N-ethyl adjacent to an activating group) is 1. The quantitative estimate of drug-likeness (QED) is 0.798. The highest BCUT2D eigenvalue weighted by Gasteiger charge is 2.31. The Morgan fingerprint density at radius 1 is 1.67 bits per heavy atom. The fourth-order valence-corrected chi connectivity index (χ4v) is 2.01. The fourth-order valence-electron chi connectivity index (χ4n) is 1.86. The molecule has 0 saturated carbocycles. The molecule has 18 heavy (non-hydrogen) atoms. The van der Waals surface area contributed by atoms with E-state index in [2.05, 4.69) is 10.4 Å². The first-order valence-electron chi connectivity index (χ1n) is 6.07. The second kappa shape index (κ2) is 6.20. The lowest BCUT2D eigenvalue weighted by Crippen LogP contribution is -2.49. The Hall–Kier alpha value is -1.07. The Morgan fingerprint density at radius 2 is 2.33 bits per heavy atom. The number of rotatable bonds is 7. The maximum absolute atomic E-state index is 11.2. The molecule has 0 bridgehead atoms. The van der Waals surface area contributed by atoms with E-state index in [1.165, 1.54) is 0 Å². The molecular formula is C12H20ClN3O2. The third-order valence-electron chi connectivity index (χ3n) is 2.99. The van der Waals surface area contributed by atoms with Crippen molar-refractivity contribution in [2.45, 2.75) is 45.7 Å². The van der Waals surface area contributed by atoms with E-state index >= 15 is 0 Å². The van der Waals surface area contributed by atoms with E-state index in [4.69, 9.17) is 11.6 Å². The van der Waals surface area contributed by atoms with Gasteiger partial charge in [-0.25, -0.2) is 0 Å². The molecule has 0 aliphatic carbocycles. The van der Waals surface area contributed by atoms with Gasteiger partial charge in [-0.15, -0.1) is 0 Å². The minimum atomic E-state index is -0.874. The first-order chi connectivity index (χ1) is 8.39. The molecule has 102 valence electrons. The van der Waals surface area contributed by atoms with Gasteiger partial charge in [-0.05, 0) is 33.2 Å². The molecule has 1 unspecified atom stereocenters. The van der Waals surface area contributed by atoms with Gasteiger partial charge in [-0.1, -0.05) is 18.5 Å². The number of carboxylic acid groups (broad SMARTS) is 1. The molecule has 0 saturated heterocycles. The van der Waals surface area contributed by atoms with Crippen LogP contribution in [-0.4, -0.2) is 32.9 Å². The van der Waals surface area contributed by atoms with Crippen LogP contribution in [0.15, 0.2) is 6.20 Å². The van der Waals surface area contributed by atoms with Gasteiger partial charge in [0.1, 0.15) is 5.54 Å². The van der Waals surface area contributed by atoms with Crippen molar-refractivity contribution in [3.05, 3.63) is 16.9 Å². The lowest BCUT2D eigenvalue weighted by atomic mass is 9.96. The van der Waals surface area contributed by atoms with Crippen molar-refractivity contribution in [3.63, 3.8) is 0 Å². The van der Waals surface area contributed by atoms with Crippen molar-refractivity contribution < 1.29 is 9.90 Å². The molecule has 1 rings (SSSR count). The van der Waals surface area contributed by atoms with Crippen LogP contribution in [0.2, 0.25) is 5.02 Å². The van der Waals surface area contributed by atoms with Gasteiger partial charge in [0, 0.05) is 12.7 Å². The van der Waals surface area contributed by atoms with E-state index in [-0.39, 0.29) is 0 Å². The van der Waals surface area contributed by atoms with Crippen molar-refractivity contribution in [1.29, 1.82) is 0 Å². The predicted molar refractivity (Wildman–Crippen MR) is 70.9 cm³/mol. The standard InChI is InChI=1S/C12H20ClN3O2/c1-4-14-12(3,11(17)18)6-5-7-16-8-10(13)9(2)15-16/h8,14H,4-7H2,1-3H3,(H,17,18). The zero-order valence-electron chi connectivity index (χ0n) is 11.0. The van der Waals surface area contributed by atoms with E-state index in [1.807, 2.05) is 13.8 Å². The molecule has 2 N–H and O–H groups in total. The second-order valence-electron chi connectivity index (χ2n) is 4.60. The van der Waals surface area contributed by atoms with Gasteiger partial charge in [-0.2, -0.15) is 5.10 Å². The summed E-state index contributed by atoms with van der Waals surface area (Å²) < 4.78 is 1.76. The van der Waals surface area contributed by atoms with Crippen LogP contribution in [0.5, 0.6) is 0 Å². The first-order valence-corrected chi connectivity index (χ1v) is 6.45. The Morgan fingerprint density at radius 3 is 2.78 bits per heavy atom. The Labute approximate surface area is 112 Å². The SMILES string of the molecule is CCNC(C)(CCCn1cc(Cl)c(C)n1)C(=O)O. The van der Waals surface area contributed by atoms with E-state index in [9.17, 15) is 9.90 Å². The summed E-state index contributed by atoms with van der Waals surface area (Å²) in [5.41, 5.74) is -0.0786. The van der Waals surface area contributed by atoms with Gasteiger partial charge in [0.15, 0.2) is 0 Å². The number of carbonyl (C=O) groups is 1. The Balaban J connectivity index is 2.51. The third-order valence-corrected chi connectivity index (χ3v) is 3.36. The molecule has 1 heterocycles. The summed E-state index contributed by atoms with van der Waals surface area (Å²) in [6, 6.07) is 0. The van der Waals surface area contributed by atoms with Crippen LogP contribution in [0.1, 0.15) is 32.4 Å². The van der Waals surface area contributed by atoms with Crippen molar-refractivity contribution in [1.82, 2.24) is 15.1 Å². The fraction of sp³-hybridized carbons (Fsp3) is 0.667. The number of nitrogens with zero attached hydrogens (tertiary/aromatic N) is 2. The summed E-state index contributed by atoms with van der Waals surface area (Å²) >= 11 is 5.91. The van der Waals surface area contributed by atoms with E-state index in [0.717, 1.165) is 12.1 Å². The van der Waals surface area contributed by atoms with Crippen LogP contribution in [0, 0.1) is 6.92 Å². The molecule has 0 radical (unpaired) electrons. The largest absolute Gasteiger partial charge is 0.480 e. The number of aromatic nitrogens is 2. The van der Waals surface area contributed by atoms with Crippen LogP contribution >= 0.6 is 11.6 Å². The molecule has 1 aromatic heterocycles. The van der Waals surface area contributed by atoms with Crippen molar-refractivity contribution in [2.75, 3.05) is 6.54 Å². The van der Waals surface area contributed by atoms with Crippen LogP contribution < -0.4 is 5.32 Å². The molecule has 0 aromatic carbocycles. The van der Waals surface area contributed by atoms with Crippen LogP contribution in [0.3, 0.4) is 0 Å². The summed E-state index contributed by atoms with van der Waals surface area (Å²) in [4.78, 5) is 11.2. The number of nitrogens with one attached hydrogen (secondary N) is 1. The first kappa shape index (κ1) is 15.0.